The number of hydrogen-bond acceptors (Lipinski definition) is 2. The Morgan fingerprint density at radius 2 is 1.19 bits per heavy atom. The van der Waals surface area contributed by atoms with Gasteiger partial charge in [-0.2, -0.15) is 5.26 Å². The minimum atomic E-state index is 0.189. The van der Waals surface area contributed by atoms with E-state index in [-0.39, 0.29) is 6.42 Å². The number of nitriles is 1. The van der Waals surface area contributed by atoms with Gasteiger partial charge in [0.15, 0.2) is 0 Å². The van der Waals surface area contributed by atoms with E-state index in [0.29, 0.717) is 52.5 Å². The van der Waals surface area contributed by atoms with E-state index < -0.39 is 0 Å². The maximum atomic E-state index is 9.02. The summed E-state index contributed by atoms with van der Waals surface area (Å²) in [6.45, 7) is 0. The third-order valence-corrected chi connectivity index (χ3v) is 5.86. The molecule has 0 spiro atoms. The Bertz CT molecular complexity index is 1090. The van der Waals surface area contributed by atoms with Crippen LogP contribution >= 0.6 is 69.6 Å². The molecular weight excluding hydrogens is 469 g/mol. The maximum Gasteiger partial charge on any atom is 0.0796 e. The number of aromatic nitrogens is 1. The number of halogens is 6. The molecular formula is C19H8Cl6N2. The largest absolute Gasteiger partial charge is 0.255 e. The third kappa shape index (κ3) is 4.30. The lowest BCUT2D eigenvalue weighted by molar-refractivity contribution is 1.19. The molecule has 0 saturated heterocycles. The molecule has 0 unspecified atom stereocenters. The number of rotatable bonds is 3. The lowest BCUT2D eigenvalue weighted by Gasteiger charge is -2.15. The van der Waals surface area contributed by atoms with Gasteiger partial charge in [0.2, 0.25) is 0 Å². The summed E-state index contributed by atoms with van der Waals surface area (Å²) in [7, 11) is 0. The fourth-order valence-corrected chi connectivity index (χ4v) is 3.83. The Labute approximate surface area is 186 Å². The minimum absolute atomic E-state index is 0.189. The Morgan fingerprint density at radius 3 is 1.78 bits per heavy atom. The summed E-state index contributed by atoms with van der Waals surface area (Å²) in [4.78, 5) is 4.50. The van der Waals surface area contributed by atoms with Crippen molar-refractivity contribution in [2.24, 2.45) is 0 Å². The van der Waals surface area contributed by atoms with Gasteiger partial charge in [0, 0.05) is 22.9 Å². The monoisotopic (exact) mass is 474 g/mol. The van der Waals surface area contributed by atoms with Crippen molar-refractivity contribution in [1.82, 2.24) is 4.98 Å². The molecule has 3 aromatic rings. The first-order valence-electron chi connectivity index (χ1n) is 7.47. The molecule has 8 heteroatoms. The summed E-state index contributed by atoms with van der Waals surface area (Å²) >= 11 is 37.2. The molecule has 2 nitrogen and oxygen atoms in total. The van der Waals surface area contributed by atoms with Crippen molar-refractivity contribution >= 4 is 69.6 Å². The van der Waals surface area contributed by atoms with E-state index in [1.54, 1.807) is 30.5 Å². The molecule has 0 N–H and O–H groups in total. The van der Waals surface area contributed by atoms with Crippen molar-refractivity contribution in [2.45, 2.75) is 6.42 Å². The number of hydrogen-bond donors (Lipinski definition) is 0. The van der Waals surface area contributed by atoms with Crippen LogP contribution in [0.1, 0.15) is 5.56 Å². The van der Waals surface area contributed by atoms with Crippen LogP contribution in [0.4, 0.5) is 0 Å². The van der Waals surface area contributed by atoms with Gasteiger partial charge in [-0.1, -0.05) is 69.6 Å². The summed E-state index contributed by atoms with van der Waals surface area (Å²) in [6.07, 6.45) is 1.79. The molecule has 0 fully saturated rings. The summed E-state index contributed by atoms with van der Waals surface area (Å²) < 4.78 is 0. The van der Waals surface area contributed by atoms with Gasteiger partial charge in [-0.25, -0.2) is 0 Å². The van der Waals surface area contributed by atoms with E-state index in [4.69, 9.17) is 74.9 Å². The molecule has 0 amide bonds. The van der Waals surface area contributed by atoms with Crippen molar-refractivity contribution in [3.63, 3.8) is 0 Å². The van der Waals surface area contributed by atoms with Crippen LogP contribution in [0.3, 0.4) is 0 Å². The summed E-state index contributed by atoms with van der Waals surface area (Å²) in [6, 6.07) is 10.3. The fraction of sp³-hybridized carbons (Fsp3) is 0.0526. The van der Waals surface area contributed by atoms with E-state index in [2.05, 4.69) is 11.1 Å². The fourth-order valence-electron chi connectivity index (χ4n) is 2.55. The Morgan fingerprint density at radius 1 is 0.667 bits per heavy atom. The smallest absolute Gasteiger partial charge is 0.0796 e. The van der Waals surface area contributed by atoms with Gasteiger partial charge in [0.1, 0.15) is 0 Å². The highest BCUT2D eigenvalue weighted by Crippen LogP contribution is 2.42. The summed E-state index contributed by atoms with van der Waals surface area (Å²) in [5.41, 5.74) is 3.07. The van der Waals surface area contributed by atoms with E-state index >= 15 is 0 Å². The van der Waals surface area contributed by atoms with Gasteiger partial charge in [-0.05, 0) is 35.9 Å². The topological polar surface area (TPSA) is 36.7 Å². The second kappa shape index (κ2) is 8.45. The van der Waals surface area contributed by atoms with Crippen LogP contribution < -0.4 is 0 Å². The molecule has 0 aliphatic heterocycles. The number of pyridine rings is 1. The second-order valence-corrected chi connectivity index (χ2v) is 8.01. The molecule has 1 heterocycles. The van der Waals surface area contributed by atoms with Crippen LogP contribution in [0, 0.1) is 11.3 Å². The Hall–Kier alpha value is -1.18. The van der Waals surface area contributed by atoms with Gasteiger partial charge in [0.05, 0.1) is 48.3 Å². The summed E-state index contributed by atoms with van der Waals surface area (Å²) in [5, 5.41) is 11.1. The molecule has 0 atom stereocenters. The highest BCUT2D eigenvalue weighted by Gasteiger charge is 2.18. The molecule has 3 rings (SSSR count). The van der Waals surface area contributed by atoms with Crippen molar-refractivity contribution in [2.75, 3.05) is 0 Å². The van der Waals surface area contributed by atoms with Crippen molar-refractivity contribution in [3.05, 3.63) is 72.2 Å². The minimum Gasteiger partial charge on any atom is -0.255 e. The third-order valence-electron chi connectivity index (χ3n) is 3.79. The zero-order chi connectivity index (χ0) is 19.7. The average Bonchev–Trinajstić information content (AvgIpc) is 2.62. The average molecular weight is 477 g/mol. The van der Waals surface area contributed by atoms with E-state index in [9.17, 15) is 0 Å². The molecule has 0 bridgehead atoms. The van der Waals surface area contributed by atoms with Gasteiger partial charge >= 0.3 is 0 Å². The van der Waals surface area contributed by atoms with Crippen molar-refractivity contribution in [1.29, 1.82) is 5.26 Å². The quantitative estimate of drug-likeness (QED) is 0.356. The predicted octanol–water partition coefficient (Wildman–Crippen LogP) is 8.40. The van der Waals surface area contributed by atoms with Gasteiger partial charge in [-0.3, -0.25) is 4.98 Å². The summed E-state index contributed by atoms with van der Waals surface area (Å²) in [5.74, 6) is 0. The van der Waals surface area contributed by atoms with Gasteiger partial charge in [-0.15, -0.1) is 0 Å². The Kier molecular flexibility index (Phi) is 6.43. The first-order valence-corrected chi connectivity index (χ1v) is 9.74. The van der Waals surface area contributed by atoms with Crippen LogP contribution in [-0.4, -0.2) is 4.98 Å². The van der Waals surface area contributed by atoms with E-state index in [1.165, 1.54) is 0 Å². The standard InChI is InChI=1S/C19H8Cl6N2/c20-13-6-17(24)15(22)4-10(13)11-3-9(1-2-26)8-27-19(11)12-5-16(23)18(25)7-14(12)21/h3-8H,1H2. The van der Waals surface area contributed by atoms with Gasteiger partial charge < -0.3 is 0 Å². The highest BCUT2D eigenvalue weighted by atomic mass is 35.5. The lowest BCUT2D eigenvalue weighted by atomic mass is 9.97. The molecule has 1 aromatic heterocycles. The zero-order valence-electron chi connectivity index (χ0n) is 13.3. The molecule has 0 aliphatic carbocycles. The van der Waals surface area contributed by atoms with Crippen LogP contribution in [0.2, 0.25) is 30.1 Å². The predicted molar refractivity (Wildman–Crippen MR) is 114 cm³/mol. The first-order chi connectivity index (χ1) is 12.8. The van der Waals surface area contributed by atoms with E-state index in [0.717, 1.165) is 5.56 Å². The van der Waals surface area contributed by atoms with Crippen LogP contribution in [0.5, 0.6) is 0 Å². The van der Waals surface area contributed by atoms with Crippen LogP contribution in [0.25, 0.3) is 22.4 Å². The first kappa shape index (κ1) is 20.6. The molecule has 0 aliphatic rings. The normalized spacial score (nSPS) is 10.7. The highest BCUT2D eigenvalue weighted by molar-refractivity contribution is 6.45. The molecule has 0 radical (unpaired) electrons. The van der Waals surface area contributed by atoms with E-state index in [1.807, 2.05) is 6.07 Å². The van der Waals surface area contributed by atoms with Crippen molar-refractivity contribution < 1.29 is 0 Å². The lowest BCUT2D eigenvalue weighted by Crippen LogP contribution is -1.95. The maximum absolute atomic E-state index is 9.02. The molecule has 136 valence electrons. The number of nitrogens with zero attached hydrogens (tertiary/aromatic N) is 2. The second-order valence-electron chi connectivity index (χ2n) is 5.57. The van der Waals surface area contributed by atoms with Crippen molar-refractivity contribution in [3.8, 4) is 28.5 Å². The molecule has 2 aromatic carbocycles. The van der Waals surface area contributed by atoms with Crippen LogP contribution in [-0.2, 0) is 6.42 Å². The SMILES string of the molecule is N#CCc1cnc(-c2cc(Cl)c(Cl)cc2Cl)c(-c2cc(Cl)c(Cl)cc2Cl)c1. The van der Waals surface area contributed by atoms with Crippen LogP contribution in [0.15, 0.2) is 36.5 Å². The van der Waals surface area contributed by atoms with Gasteiger partial charge in [0.25, 0.3) is 0 Å². The molecule has 27 heavy (non-hydrogen) atoms. The molecule has 0 saturated carbocycles. The number of benzene rings is 2. The Balaban J connectivity index is 2.33. The zero-order valence-corrected chi connectivity index (χ0v) is 17.9.